The molecule has 0 fully saturated rings. The van der Waals surface area contributed by atoms with Crippen LogP contribution in [0.1, 0.15) is 27.9 Å². The zero-order valence-corrected chi connectivity index (χ0v) is 20.0. The Kier molecular flexibility index (Phi) is 8.07. The highest BCUT2D eigenvalue weighted by molar-refractivity contribution is 8.02. The highest BCUT2D eigenvalue weighted by Crippen LogP contribution is 2.31. The van der Waals surface area contributed by atoms with E-state index in [0.29, 0.717) is 27.0 Å². The van der Waals surface area contributed by atoms with Crippen molar-refractivity contribution >= 4 is 52.2 Å². The lowest BCUT2D eigenvalue weighted by Gasteiger charge is -2.12. The third kappa shape index (κ3) is 6.56. The number of thioether (sulfide) groups is 1. The molecule has 1 atom stereocenters. The summed E-state index contributed by atoms with van der Waals surface area (Å²) >= 11 is 2.68. The quantitative estimate of drug-likeness (QED) is 0.396. The molecule has 3 amide bonds. The maximum atomic E-state index is 12.6. The van der Waals surface area contributed by atoms with Crippen molar-refractivity contribution in [3.63, 3.8) is 0 Å². The molecule has 1 heterocycles. The maximum absolute atomic E-state index is 12.6. The van der Waals surface area contributed by atoms with E-state index in [1.807, 2.05) is 19.1 Å². The molecule has 8 nitrogen and oxygen atoms in total. The summed E-state index contributed by atoms with van der Waals surface area (Å²) in [5.41, 5.74) is 7.60. The second kappa shape index (κ2) is 11.0. The van der Waals surface area contributed by atoms with Crippen LogP contribution in [0.4, 0.5) is 11.4 Å². The second-order valence-corrected chi connectivity index (χ2v) is 9.78. The van der Waals surface area contributed by atoms with Crippen molar-refractivity contribution in [2.75, 3.05) is 17.7 Å². The smallest absolute Gasteiger partial charge is 0.255 e. The molecule has 0 aliphatic rings. The van der Waals surface area contributed by atoms with Gasteiger partial charge in [-0.2, -0.15) is 0 Å². The number of nitrogens with one attached hydrogen (secondary N) is 2. The van der Waals surface area contributed by atoms with Crippen LogP contribution in [0, 0.1) is 6.92 Å². The zero-order valence-electron chi connectivity index (χ0n) is 18.4. The summed E-state index contributed by atoms with van der Waals surface area (Å²) in [5, 5.41) is 5.24. The fourth-order valence-corrected chi connectivity index (χ4v) is 5.26. The Morgan fingerprint density at radius 2 is 1.82 bits per heavy atom. The predicted octanol–water partition coefficient (Wildman–Crippen LogP) is 3.86. The molecule has 1 aromatic heterocycles. The van der Waals surface area contributed by atoms with E-state index in [1.165, 1.54) is 30.2 Å². The highest BCUT2D eigenvalue weighted by atomic mass is 32.2. The first kappa shape index (κ1) is 24.3. The summed E-state index contributed by atoms with van der Waals surface area (Å²) in [6, 6.07) is 13.8. The summed E-state index contributed by atoms with van der Waals surface area (Å²) in [6.07, 6.45) is 0.140. The molecule has 0 saturated carbocycles. The molecule has 0 bridgehead atoms. The van der Waals surface area contributed by atoms with E-state index in [0.717, 1.165) is 10.6 Å². The van der Waals surface area contributed by atoms with E-state index in [9.17, 15) is 14.4 Å². The molecule has 4 N–H and O–H groups in total. The fourth-order valence-electron chi connectivity index (χ4n) is 2.87. The van der Waals surface area contributed by atoms with Crippen molar-refractivity contribution in [3.05, 3.63) is 64.7 Å². The lowest BCUT2D eigenvalue weighted by molar-refractivity contribution is -0.117. The molecule has 3 aromatic rings. The molecule has 0 aliphatic heterocycles. The number of anilines is 2. The number of ether oxygens (including phenoxy) is 1. The van der Waals surface area contributed by atoms with Gasteiger partial charge in [0.05, 0.1) is 30.2 Å². The van der Waals surface area contributed by atoms with Gasteiger partial charge in [-0.3, -0.25) is 14.4 Å². The number of carbonyl (C=O) groups excluding carboxylic acids is 3. The number of para-hydroxylation sites is 2. The van der Waals surface area contributed by atoms with Crippen LogP contribution in [0.3, 0.4) is 0 Å². The summed E-state index contributed by atoms with van der Waals surface area (Å²) in [4.78, 5) is 41.5. The molecule has 0 radical (unpaired) electrons. The SMILES string of the molecule is COc1ccccc1NC(=O)c1ccc(NC(=O)[C@H](C)Sc2nc(C)c(CC(N)=O)s2)cc1. The number of benzene rings is 2. The van der Waals surface area contributed by atoms with Gasteiger partial charge in [0.25, 0.3) is 5.91 Å². The standard InChI is InChI=1S/C23H24N4O4S2/c1-13-19(12-20(24)28)33-23(25-13)32-14(2)21(29)26-16-10-8-15(9-11-16)22(30)27-17-6-4-5-7-18(17)31-3/h4-11,14H,12H2,1-3H3,(H2,24,28)(H,26,29)(H,27,30)/t14-/m0/s1. The number of thiazole rings is 1. The third-order valence-corrected chi connectivity index (χ3v) is 6.98. The van der Waals surface area contributed by atoms with Crippen LogP contribution in [0.15, 0.2) is 52.9 Å². The van der Waals surface area contributed by atoms with Crippen LogP contribution in [0.25, 0.3) is 0 Å². The minimum atomic E-state index is -0.413. The van der Waals surface area contributed by atoms with E-state index >= 15 is 0 Å². The molecule has 0 spiro atoms. The monoisotopic (exact) mass is 484 g/mol. The van der Waals surface area contributed by atoms with Crippen molar-refractivity contribution in [3.8, 4) is 5.75 Å². The van der Waals surface area contributed by atoms with Gasteiger partial charge in [-0.15, -0.1) is 11.3 Å². The van der Waals surface area contributed by atoms with Crippen LogP contribution in [-0.4, -0.2) is 35.1 Å². The normalized spacial score (nSPS) is 11.5. The third-order valence-electron chi connectivity index (χ3n) is 4.62. The van der Waals surface area contributed by atoms with Crippen LogP contribution >= 0.6 is 23.1 Å². The predicted molar refractivity (Wildman–Crippen MR) is 131 cm³/mol. The number of hydrogen-bond acceptors (Lipinski definition) is 7. The Balaban J connectivity index is 1.58. The van der Waals surface area contributed by atoms with Crippen molar-refractivity contribution in [2.24, 2.45) is 5.73 Å². The fraction of sp³-hybridized carbons (Fsp3) is 0.217. The lowest BCUT2D eigenvalue weighted by atomic mass is 10.2. The Bertz CT molecular complexity index is 1160. The highest BCUT2D eigenvalue weighted by Gasteiger charge is 2.19. The van der Waals surface area contributed by atoms with Gasteiger partial charge >= 0.3 is 0 Å². The van der Waals surface area contributed by atoms with Gasteiger partial charge in [0.2, 0.25) is 11.8 Å². The van der Waals surface area contributed by atoms with E-state index in [-0.39, 0.29) is 18.2 Å². The Hall–Kier alpha value is -3.37. The van der Waals surface area contributed by atoms with Gasteiger partial charge in [-0.05, 0) is 50.2 Å². The molecular weight excluding hydrogens is 460 g/mol. The first-order valence-corrected chi connectivity index (χ1v) is 11.7. The number of aromatic nitrogens is 1. The van der Waals surface area contributed by atoms with E-state index in [2.05, 4.69) is 15.6 Å². The maximum Gasteiger partial charge on any atom is 0.255 e. The first-order chi connectivity index (χ1) is 15.8. The van der Waals surface area contributed by atoms with Crippen molar-refractivity contribution in [2.45, 2.75) is 29.9 Å². The van der Waals surface area contributed by atoms with E-state index in [1.54, 1.807) is 43.3 Å². The molecular formula is C23H24N4O4S2. The number of aryl methyl sites for hydroxylation is 1. The van der Waals surface area contributed by atoms with Crippen molar-refractivity contribution in [1.29, 1.82) is 0 Å². The Morgan fingerprint density at radius 3 is 2.48 bits per heavy atom. The van der Waals surface area contributed by atoms with Crippen LogP contribution in [-0.2, 0) is 16.0 Å². The second-order valence-electron chi connectivity index (χ2n) is 7.11. The molecule has 2 aromatic carbocycles. The summed E-state index contributed by atoms with van der Waals surface area (Å²) in [6.45, 7) is 3.59. The number of nitrogens with zero attached hydrogens (tertiary/aromatic N) is 1. The zero-order chi connectivity index (χ0) is 24.0. The minimum Gasteiger partial charge on any atom is -0.495 e. The number of amides is 3. The number of carbonyl (C=O) groups is 3. The van der Waals surface area contributed by atoms with Gasteiger partial charge in [0.1, 0.15) is 5.75 Å². The lowest BCUT2D eigenvalue weighted by Crippen LogP contribution is -2.22. The average Bonchev–Trinajstić information content (AvgIpc) is 3.12. The largest absolute Gasteiger partial charge is 0.495 e. The number of primary amides is 1. The summed E-state index contributed by atoms with van der Waals surface area (Å²) in [7, 11) is 1.54. The van der Waals surface area contributed by atoms with Crippen LogP contribution < -0.4 is 21.1 Å². The average molecular weight is 485 g/mol. The number of nitrogens with two attached hydrogens (primary N) is 1. The van der Waals surface area contributed by atoms with Gasteiger partial charge < -0.3 is 21.1 Å². The number of rotatable bonds is 9. The number of methoxy groups -OCH3 is 1. The molecule has 33 heavy (non-hydrogen) atoms. The van der Waals surface area contributed by atoms with Crippen LogP contribution in [0.5, 0.6) is 5.75 Å². The molecule has 172 valence electrons. The minimum absolute atomic E-state index is 0.140. The number of hydrogen-bond donors (Lipinski definition) is 3. The molecule has 3 rings (SSSR count). The topological polar surface area (TPSA) is 123 Å². The van der Waals surface area contributed by atoms with Gasteiger partial charge in [-0.25, -0.2) is 4.98 Å². The van der Waals surface area contributed by atoms with Gasteiger partial charge in [0.15, 0.2) is 4.34 Å². The molecule has 10 heteroatoms. The Morgan fingerprint density at radius 1 is 1.12 bits per heavy atom. The summed E-state index contributed by atoms with van der Waals surface area (Å²) < 4.78 is 5.95. The van der Waals surface area contributed by atoms with Crippen LogP contribution in [0.2, 0.25) is 0 Å². The summed E-state index contributed by atoms with van der Waals surface area (Å²) in [5.74, 6) is -0.328. The van der Waals surface area contributed by atoms with Gasteiger partial charge in [-0.1, -0.05) is 23.9 Å². The van der Waals surface area contributed by atoms with E-state index in [4.69, 9.17) is 10.5 Å². The molecule has 0 saturated heterocycles. The molecule has 0 aliphatic carbocycles. The molecule has 0 unspecified atom stereocenters. The first-order valence-electron chi connectivity index (χ1n) is 10.0. The Labute approximate surface area is 199 Å². The van der Waals surface area contributed by atoms with E-state index < -0.39 is 11.2 Å². The van der Waals surface area contributed by atoms with Crippen molar-refractivity contribution < 1.29 is 19.1 Å². The van der Waals surface area contributed by atoms with Gasteiger partial charge in [0, 0.05) is 16.1 Å². The van der Waals surface area contributed by atoms with Crippen molar-refractivity contribution in [1.82, 2.24) is 4.98 Å².